The molecule has 0 amide bonds. The summed E-state index contributed by atoms with van der Waals surface area (Å²) in [6.45, 7) is 2.78. The molecule has 0 spiro atoms. The molecule has 30 heavy (non-hydrogen) atoms. The molecule has 0 fully saturated rings. The lowest BCUT2D eigenvalue weighted by molar-refractivity contribution is -0.129. The van der Waals surface area contributed by atoms with Crippen LogP contribution in [-0.4, -0.2) is 12.6 Å². The number of azo groups is 1. The zero-order valence-corrected chi connectivity index (χ0v) is 17.3. The third-order valence-corrected chi connectivity index (χ3v) is 4.77. The lowest BCUT2D eigenvalue weighted by Crippen LogP contribution is -2.04. The fraction of sp³-hybridized carbons (Fsp3) is 0.174. The summed E-state index contributed by atoms with van der Waals surface area (Å²) in [5.41, 5.74) is 0.928. The van der Waals surface area contributed by atoms with Gasteiger partial charge in [0.25, 0.3) is 0 Å². The van der Waals surface area contributed by atoms with Crippen LogP contribution >= 0.6 is 11.3 Å². The second-order valence-electron chi connectivity index (χ2n) is 6.28. The van der Waals surface area contributed by atoms with Gasteiger partial charge in [-0.05, 0) is 60.3 Å². The van der Waals surface area contributed by atoms with Gasteiger partial charge in [-0.3, -0.25) is 0 Å². The molecular formula is C23H21FN2O3S. The number of rotatable bonds is 9. The summed E-state index contributed by atoms with van der Waals surface area (Å²) >= 11 is 1.49. The zero-order valence-electron chi connectivity index (χ0n) is 16.5. The fourth-order valence-electron chi connectivity index (χ4n) is 2.37. The second kappa shape index (κ2) is 11.0. The molecule has 1 heterocycles. The summed E-state index contributed by atoms with van der Waals surface area (Å²) in [5.74, 6) is -0.738. The highest BCUT2D eigenvalue weighted by molar-refractivity contribution is 7.10. The molecule has 0 saturated heterocycles. The van der Waals surface area contributed by atoms with E-state index in [1.54, 1.807) is 18.2 Å². The van der Waals surface area contributed by atoms with Gasteiger partial charge in [0.2, 0.25) is 0 Å². The third kappa shape index (κ3) is 6.63. The Labute approximate surface area is 178 Å². The first-order chi connectivity index (χ1) is 14.6. The van der Waals surface area contributed by atoms with E-state index in [4.69, 9.17) is 9.47 Å². The molecular weight excluding hydrogens is 403 g/mol. The molecule has 0 N–H and O–H groups in total. The predicted octanol–water partition coefficient (Wildman–Crippen LogP) is 7.10. The molecule has 154 valence electrons. The first kappa shape index (κ1) is 21.4. The molecule has 0 unspecified atom stereocenters. The van der Waals surface area contributed by atoms with Crippen LogP contribution in [0.25, 0.3) is 6.08 Å². The molecule has 5 nitrogen and oxygen atoms in total. The normalized spacial score (nSPS) is 11.3. The van der Waals surface area contributed by atoms with Gasteiger partial charge in [0, 0.05) is 17.0 Å². The predicted molar refractivity (Wildman–Crippen MR) is 116 cm³/mol. The quantitative estimate of drug-likeness (QED) is 0.121. The van der Waals surface area contributed by atoms with E-state index in [-0.39, 0.29) is 5.75 Å². The van der Waals surface area contributed by atoms with Gasteiger partial charge in [0.05, 0.1) is 18.0 Å². The Balaban J connectivity index is 1.57. The number of halogens is 1. The molecule has 3 rings (SSSR count). The summed E-state index contributed by atoms with van der Waals surface area (Å²) in [7, 11) is 0. The van der Waals surface area contributed by atoms with Crippen molar-refractivity contribution in [3.05, 3.63) is 76.7 Å². The fourth-order valence-corrected chi connectivity index (χ4v) is 2.99. The standard InChI is InChI=1S/C23H21FN2O3S/c1-2-3-14-28-19-9-6-17(7-10-19)25-26-18-8-12-22(21(24)16-18)29-23(27)13-11-20-5-4-15-30-20/h4-13,15-16H,2-3,14H2,1H3/b13-11+,26-25?. The van der Waals surface area contributed by atoms with Crippen LogP contribution in [0.3, 0.4) is 0 Å². The Kier molecular flexibility index (Phi) is 7.86. The highest BCUT2D eigenvalue weighted by Gasteiger charge is 2.08. The van der Waals surface area contributed by atoms with Crippen molar-refractivity contribution >= 4 is 34.8 Å². The molecule has 0 atom stereocenters. The number of unbranched alkanes of at least 4 members (excludes halogenated alkanes) is 1. The van der Waals surface area contributed by atoms with Crippen LogP contribution in [0.2, 0.25) is 0 Å². The molecule has 0 aliphatic heterocycles. The summed E-state index contributed by atoms with van der Waals surface area (Å²) in [6, 6.07) is 15.0. The maximum Gasteiger partial charge on any atom is 0.336 e. The molecule has 0 saturated carbocycles. The van der Waals surface area contributed by atoms with Crippen LogP contribution < -0.4 is 9.47 Å². The average molecular weight is 424 g/mol. The molecule has 1 aromatic heterocycles. The average Bonchev–Trinajstić information content (AvgIpc) is 3.27. The van der Waals surface area contributed by atoms with Crippen molar-refractivity contribution in [1.82, 2.24) is 0 Å². The van der Waals surface area contributed by atoms with E-state index in [0.717, 1.165) is 29.5 Å². The van der Waals surface area contributed by atoms with Crippen LogP contribution in [0.15, 0.2) is 76.3 Å². The van der Waals surface area contributed by atoms with Gasteiger partial charge in [-0.15, -0.1) is 11.3 Å². The van der Waals surface area contributed by atoms with Gasteiger partial charge in [-0.1, -0.05) is 19.4 Å². The number of carbonyl (C=O) groups is 1. The van der Waals surface area contributed by atoms with Crippen molar-refractivity contribution in [3.8, 4) is 11.5 Å². The number of benzene rings is 2. The first-order valence-corrected chi connectivity index (χ1v) is 10.4. The van der Waals surface area contributed by atoms with Gasteiger partial charge in [0.1, 0.15) is 5.75 Å². The van der Waals surface area contributed by atoms with Gasteiger partial charge in [-0.25, -0.2) is 9.18 Å². The number of carbonyl (C=O) groups excluding carboxylic acids is 1. The van der Waals surface area contributed by atoms with Gasteiger partial charge >= 0.3 is 5.97 Å². The van der Waals surface area contributed by atoms with E-state index in [2.05, 4.69) is 17.2 Å². The van der Waals surface area contributed by atoms with E-state index in [1.165, 1.54) is 29.5 Å². The zero-order chi connectivity index (χ0) is 21.2. The van der Waals surface area contributed by atoms with Crippen LogP contribution in [0.4, 0.5) is 15.8 Å². The van der Waals surface area contributed by atoms with Crippen molar-refractivity contribution in [3.63, 3.8) is 0 Å². The number of nitrogens with zero attached hydrogens (tertiary/aromatic N) is 2. The minimum absolute atomic E-state index is 0.164. The number of thiophene rings is 1. The molecule has 0 radical (unpaired) electrons. The summed E-state index contributed by atoms with van der Waals surface area (Å²) in [4.78, 5) is 12.7. The maximum absolute atomic E-state index is 14.2. The van der Waals surface area contributed by atoms with Crippen LogP contribution in [0.1, 0.15) is 24.6 Å². The van der Waals surface area contributed by atoms with E-state index >= 15 is 0 Å². The highest BCUT2D eigenvalue weighted by atomic mass is 32.1. The van der Waals surface area contributed by atoms with Crippen LogP contribution in [-0.2, 0) is 4.79 Å². The Bertz CT molecular complexity index is 1020. The topological polar surface area (TPSA) is 60.3 Å². The first-order valence-electron chi connectivity index (χ1n) is 9.51. The van der Waals surface area contributed by atoms with E-state index in [1.807, 2.05) is 29.6 Å². The van der Waals surface area contributed by atoms with E-state index < -0.39 is 11.8 Å². The number of esters is 1. The minimum Gasteiger partial charge on any atom is -0.494 e. The van der Waals surface area contributed by atoms with Gasteiger partial charge < -0.3 is 9.47 Å². The lowest BCUT2D eigenvalue weighted by atomic mass is 10.3. The summed E-state index contributed by atoms with van der Waals surface area (Å²) in [5, 5.41) is 10.0. The minimum atomic E-state index is -0.691. The molecule has 7 heteroatoms. The Morgan fingerprint density at radius 3 is 2.57 bits per heavy atom. The molecule has 3 aromatic rings. The van der Waals surface area contributed by atoms with Crippen molar-refractivity contribution in [2.75, 3.05) is 6.61 Å². The van der Waals surface area contributed by atoms with Gasteiger partial charge in [0.15, 0.2) is 11.6 Å². The number of hydrogen-bond acceptors (Lipinski definition) is 6. The smallest absolute Gasteiger partial charge is 0.336 e. The van der Waals surface area contributed by atoms with Crippen LogP contribution in [0, 0.1) is 5.82 Å². The SMILES string of the molecule is CCCCOc1ccc(N=Nc2ccc(OC(=O)/C=C/c3cccs3)c(F)c2)cc1. The van der Waals surface area contributed by atoms with E-state index in [9.17, 15) is 9.18 Å². The van der Waals surface area contributed by atoms with Crippen molar-refractivity contribution in [1.29, 1.82) is 0 Å². The van der Waals surface area contributed by atoms with Crippen LogP contribution in [0.5, 0.6) is 11.5 Å². The van der Waals surface area contributed by atoms with E-state index in [0.29, 0.717) is 18.0 Å². The lowest BCUT2D eigenvalue weighted by Gasteiger charge is -2.05. The monoisotopic (exact) mass is 424 g/mol. The Hall–Kier alpha value is -3.32. The highest BCUT2D eigenvalue weighted by Crippen LogP contribution is 2.26. The largest absolute Gasteiger partial charge is 0.494 e. The number of ether oxygens (including phenoxy) is 2. The second-order valence-corrected chi connectivity index (χ2v) is 7.26. The number of hydrogen-bond donors (Lipinski definition) is 0. The van der Waals surface area contributed by atoms with Crippen molar-refractivity contribution in [2.45, 2.75) is 19.8 Å². The molecule has 2 aromatic carbocycles. The Morgan fingerprint density at radius 2 is 1.87 bits per heavy atom. The Morgan fingerprint density at radius 1 is 1.10 bits per heavy atom. The third-order valence-electron chi connectivity index (χ3n) is 3.94. The van der Waals surface area contributed by atoms with Crippen molar-refractivity contribution < 1.29 is 18.7 Å². The summed E-state index contributed by atoms with van der Waals surface area (Å²) < 4.78 is 24.9. The summed E-state index contributed by atoms with van der Waals surface area (Å²) in [6.07, 6.45) is 4.96. The molecule has 0 aliphatic carbocycles. The van der Waals surface area contributed by atoms with Gasteiger partial charge in [-0.2, -0.15) is 10.2 Å². The molecule has 0 bridgehead atoms. The maximum atomic E-state index is 14.2. The molecule has 0 aliphatic rings. The van der Waals surface area contributed by atoms with Crippen molar-refractivity contribution in [2.24, 2.45) is 10.2 Å².